The topological polar surface area (TPSA) is 76.3 Å². The van der Waals surface area contributed by atoms with Gasteiger partial charge in [0.05, 0.1) is 21.4 Å². The molecule has 1 aliphatic heterocycles. The fourth-order valence-corrected chi connectivity index (χ4v) is 4.65. The molecule has 3 rings (SSSR count). The van der Waals surface area contributed by atoms with Crippen LogP contribution in [-0.2, 0) is 16.2 Å². The largest absolute Gasteiger partial charge is 0.417 e. The second-order valence-electron chi connectivity index (χ2n) is 6.02. The summed E-state index contributed by atoms with van der Waals surface area (Å²) in [6.45, 7) is 1.92. The van der Waals surface area contributed by atoms with E-state index in [1.807, 2.05) is 0 Å². The van der Waals surface area contributed by atoms with E-state index in [0.29, 0.717) is 30.6 Å². The van der Waals surface area contributed by atoms with Crippen LogP contribution < -0.4 is 0 Å². The van der Waals surface area contributed by atoms with Gasteiger partial charge in [0.25, 0.3) is 0 Å². The van der Waals surface area contributed by atoms with E-state index in [1.54, 1.807) is 6.92 Å². The van der Waals surface area contributed by atoms with Gasteiger partial charge >= 0.3 is 6.18 Å². The molecule has 0 N–H and O–H groups in total. The zero-order valence-corrected chi connectivity index (χ0v) is 15.2. The molecule has 1 aliphatic rings. The lowest BCUT2D eigenvalue weighted by Crippen LogP contribution is -2.39. The van der Waals surface area contributed by atoms with Crippen molar-refractivity contribution in [2.75, 3.05) is 13.1 Å². The van der Waals surface area contributed by atoms with E-state index in [0.717, 1.165) is 16.4 Å². The Morgan fingerprint density at radius 3 is 2.69 bits per heavy atom. The van der Waals surface area contributed by atoms with Gasteiger partial charge in [-0.1, -0.05) is 16.8 Å². The second-order valence-corrected chi connectivity index (χ2v) is 8.37. The summed E-state index contributed by atoms with van der Waals surface area (Å²) in [7, 11) is -4.11. The number of sulfonamides is 1. The van der Waals surface area contributed by atoms with Crippen LogP contribution in [0.25, 0.3) is 0 Å². The second kappa shape index (κ2) is 6.82. The van der Waals surface area contributed by atoms with E-state index >= 15 is 0 Å². The van der Waals surface area contributed by atoms with Gasteiger partial charge in [-0.25, -0.2) is 8.42 Å². The van der Waals surface area contributed by atoms with Crippen molar-refractivity contribution in [2.45, 2.75) is 36.8 Å². The Balaban J connectivity index is 1.90. The first-order chi connectivity index (χ1) is 12.1. The molecule has 0 bridgehead atoms. The number of alkyl halides is 3. The molecule has 6 nitrogen and oxygen atoms in total. The molecule has 1 aromatic carbocycles. The van der Waals surface area contributed by atoms with Gasteiger partial charge in [-0.3, -0.25) is 0 Å². The van der Waals surface area contributed by atoms with Crippen LogP contribution in [0.2, 0.25) is 5.02 Å². The molecular weight excluding hydrogens is 395 g/mol. The fraction of sp³-hybridized carbons (Fsp3) is 0.467. The minimum absolute atomic E-state index is 0.0634. The van der Waals surface area contributed by atoms with E-state index in [-0.39, 0.29) is 19.0 Å². The molecule has 1 aromatic heterocycles. The number of rotatable bonds is 3. The van der Waals surface area contributed by atoms with Crippen LogP contribution in [0.3, 0.4) is 0 Å². The van der Waals surface area contributed by atoms with Gasteiger partial charge in [0.15, 0.2) is 5.82 Å². The average Bonchev–Trinajstić information content (AvgIpc) is 3.00. The number of hydrogen-bond acceptors (Lipinski definition) is 5. The van der Waals surface area contributed by atoms with Gasteiger partial charge in [0.1, 0.15) is 0 Å². The maximum atomic E-state index is 13.0. The predicted octanol–water partition coefficient (Wildman–Crippen LogP) is 3.62. The normalized spacial score (nSPS) is 19.7. The minimum atomic E-state index is -4.74. The molecule has 2 heterocycles. The molecule has 2 aromatic rings. The van der Waals surface area contributed by atoms with Crippen molar-refractivity contribution in [3.05, 3.63) is 40.5 Å². The quantitative estimate of drug-likeness (QED) is 0.773. The summed E-state index contributed by atoms with van der Waals surface area (Å²) in [5.74, 6) is 0.469. The van der Waals surface area contributed by atoms with Gasteiger partial charge in [-0.2, -0.15) is 22.5 Å². The van der Waals surface area contributed by atoms with Gasteiger partial charge in [-0.15, -0.1) is 0 Å². The van der Waals surface area contributed by atoms with Crippen molar-refractivity contribution < 1.29 is 26.1 Å². The number of piperidine rings is 1. The van der Waals surface area contributed by atoms with Crippen molar-refractivity contribution in [2.24, 2.45) is 0 Å². The molecule has 0 amide bonds. The summed E-state index contributed by atoms with van der Waals surface area (Å²) >= 11 is 5.57. The molecule has 1 atom stereocenters. The average molecular weight is 410 g/mol. The van der Waals surface area contributed by atoms with Crippen molar-refractivity contribution in [3.63, 3.8) is 0 Å². The first-order valence-corrected chi connectivity index (χ1v) is 9.58. The van der Waals surface area contributed by atoms with Crippen LogP contribution in [0.15, 0.2) is 27.6 Å². The molecule has 26 heavy (non-hydrogen) atoms. The molecule has 0 spiro atoms. The van der Waals surface area contributed by atoms with Crippen molar-refractivity contribution in [3.8, 4) is 0 Å². The van der Waals surface area contributed by atoms with Crippen LogP contribution >= 0.6 is 11.6 Å². The Labute approximate surface area is 153 Å². The van der Waals surface area contributed by atoms with E-state index in [2.05, 4.69) is 10.1 Å². The van der Waals surface area contributed by atoms with Gasteiger partial charge in [0, 0.05) is 13.1 Å². The number of halogens is 4. The van der Waals surface area contributed by atoms with Crippen LogP contribution in [0.5, 0.6) is 0 Å². The van der Waals surface area contributed by atoms with E-state index in [9.17, 15) is 21.6 Å². The molecule has 1 unspecified atom stereocenters. The molecule has 0 saturated carbocycles. The number of benzene rings is 1. The van der Waals surface area contributed by atoms with Crippen molar-refractivity contribution in [1.29, 1.82) is 0 Å². The van der Waals surface area contributed by atoms with E-state index in [1.165, 1.54) is 0 Å². The van der Waals surface area contributed by atoms with Gasteiger partial charge < -0.3 is 4.52 Å². The summed E-state index contributed by atoms with van der Waals surface area (Å²) in [4.78, 5) is 3.67. The van der Waals surface area contributed by atoms with Crippen LogP contribution in [0, 0.1) is 6.92 Å². The summed E-state index contributed by atoms with van der Waals surface area (Å²) in [6.07, 6.45) is -3.55. The zero-order valence-electron chi connectivity index (χ0n) is 13.6. The summed E-state index contributed by atoms with van der Waals surface area (Å²) < 4.78 is 70.9. The van der Waals surface area contributed by atoms with Crippen LogP contribution in [0.1, 0.15) is 36.0 Å². The standard InChI is InChI=1S/C15H15ClF3N3O3S/c1-9-20-14(25-21-9)10-3-2-6-22(8-10)26(23,24)11-4-5-13(16)12(7-11)15(17,18)19/h4-5,7,10H,2-3,6,8H2,1H3. The smallest absolute Gasteiger partial charge is 0.339 e. The lowest BCUT2D eigenvalue weighted by atomic mass is 10.00. The third-order valence-electron chi connectivity index (χ3n) is 4.16. The number of aryl methyl sites for hydroxylation is 1. The highest BCUT2D eigenvalue weighted by Gasteiger charge is 2.37. The Kier molecular flexibility index (Phi) is 5.02. The van der Waals surface area contributed by atoms with Gasteiger partial charge in [-0.05, 0) is 38.0 Å². The van der Waals surface area contributed by atoms with Crippen molar-refractivity contribution >= 4 is 21.6 Å². The number of nitrogens with zero attached hydrogens (tertiary/aromatic N) is 3. The molecule has 1 fully saturated rings. The molecular formula is C15H15ClF3N3O3S. The Hall–Kier alpha value is -1.65. The highest BCUT2D eigenvalue weighted by Crippen LogP contribution is 2.37. The minimum Gasteiger partial charge on any atom is -0.339 e. The first-order valence-electron chi connectivity index (χ1n) is 7.76. The summed E-state index contributed by atoms with van der Waals surface area (Å²) in [6, 6.07) is 2.59. The number of hydrogen-bond donors (Lipinski definition) is 0. The lowest BCUT2D eigenvalue weighted by molar-refractivity contribution is -0.137. The third-order valence-corrected chi connectivity index (χ3v) is 6.35. The maximum absolute atomic E-state index is 13.0. The molecule has 11 heteroatoms. The Bertz CT molecular complexity index is 914. The van der Waals surface area contributed by atoms with Gasteiger partial charge in [0.2, 0.25) is 15.9 Å². The summed E-state index contributed by atoms with van der Waals surface area (Å²) in [5, 5.41) is 3.14. The summed E-state index contributed by atoms with van der Waals surface area (Å²) in [5.41, 5.74) is -1.18. The predicted molar refractivity (Wildman–Crippen MR) is 86.2 cm³/mol. The highest BCUT2D eigenvalue weighted by molar-refractivity contribution is 7.89. The molecule has 142 valence electrons. The first kappa shape index (κ1) is 19.1. The number of aromatic nitrogens is 2. The fourth-order valence-electron chi connectivity index (χ4n) is 2.87. The van der Waals surface area contributed by atoms with Crippen molar-refractivity contribution in [1.82, 2.24) is 14.4 Å². The molecule has 0 radical (unpaired) electrons. The van der Waals surface area contributed by atoms with Crippen LogP contribution in [0.4, 0.5) is 13.2 Å². The Morgan fingerprint density at radius 1 is 1.35 bits per heavy atom. The van der Waals surface area contributed by atoms with E-state index < -0.39 is 31.7 Å². The zero-order chi connectivity index (χ0) is 19.1. The SMILES string of the molecule is Cc1noc(C2CCCN(S(=O)(=O)c3ccc(Cl)c(C(F)(F)F)c3)C2)n1. The third kappa shape index (κ3) is 3.72. The monoisotopic (exact) mass is 409 g/mol. The van der Waals surface area contributed by atoms with Crippen LogP contribution in [-0.4, -0.2) is 36.0 Å². The lowest BCUT2D eigenvalue weighted by Gasteiger charge is -2.30. The molecule has 1 saturated heterocycles. The Morgan fingerprint density at radius 2 is 2.08 bits per heavy atom. The highest BCUT2D eigenvalue weighted by atomic mass is 35.5. The molecule has 0 aliphatic carbocycles. The maximum Gasteiger partial charge on any atom is 0.417 e. The van der Waals surface area contributed by atoms with E-state index in [4.69, 9.17) is 16.1 Å².